The summed E-state index contributed by atoms with van der Waals surface area (Å²) in [7, 11) is 1.66. The van der Waals surface area contributed by atoms with Gasteiger partial charge in [-0.05, 0) is 30.0 Å². The Balaban J connectivity index is 2.19. The molecule has 0 aliphatic carbocycles. The molecule has 0 aromatic heterocycles. The van der Waals surface area contributed by atoms with Crippen LogP contribution in [0.25, 0.3) is 0 Å². The van der Waals surface area contributed by atoms with Crippen LogP contribution in [0.5, 0.6) is 0 Å². The van der Waals surface area contributed by atoms with Gasteiger partial charge in [0.2, 0.25) is 5.91 Å². The third kappa shape index (κ3) is 3.60. The van der Waals surface area contributed by atoms with E-state index in [0.717, 1.165) is 12.0 Å². The second kappa shape index (κ2) is 7.00. The molecule has 2 rings (SSSR count). The number of halogens is 1. The van der Waals surface area contributed by atoms with Gasteiger partial charge in [-0.25, -0.2) is 4.39 Å². The lowest BCUT2D eigenvalue weighted by atomic mass is 10.1. The first-order valence-corrected chi connectivity index (χ1v) is 7.37. The largest absolute Gasteiger partial charge is 0.384 e. The first-order valence-electron chi connectivity index (χ1n) is 7.37. The highest BCUT2D eigenvalue weighted by atomic mass is 19.1. The molecule has 1 N–H and O–H groups in total. The number of nitrogens with zero attached hydrogens (tertiary/aromatic N) is 1. The topological polar surface area (TPSA) is 41.6 Å². The second-order valence-corrected chi connectivity index (χ2v) is 5.63. The number of nitrogens with one attached hydrogen (secondary N) is 1. The van der Waals surface area contributed by atoms with Gasteiger partial charge in [-0.1, -0.05) is 26.0 Å². The van der Waals surface area contributed by atoms with Gasteiger partial charge in [0, 0.05) is 13.7 Å². The minimum absolute atomic E-state index is 0.106. The minimum Gasteiger partial charge on any atom is -0.384 e. The van der Waals surface area contributed by atoms with E-state index >= 15 is 0 Å². The molecule has 1 saturated heterocycles. The van der Waals surface area contributed by atoms with Gasteiger partial charge in [-0.2, -0.15) is 0 Å². The summed E-state index contributed by atoms with van der Waals surface area (Å²) in [5.41, 5.74) is 0.908. The number of ether oxygens (including phenoxy) is 1. The van der Waals surface area contributed by atoms with E-state index in [4.69, 9.17) is 4.74 Å². The van der Waals surface area contributed by atoms with Crippen LogP contribution in [0.2, 0.25) is 0 Å². The van der Waals surface area contributed by atoms with Crippen molar-refractivity contribution >= 4 is 5.91 Å². The Bertz CT molecular complexity index is 478. The molecule has 1 aromatic rings. The molecule has 3 unspecified atom stereocenters. The van der Waals surface area contributed by atoms with Crippen LogP contribution in [0.1, 0.15) is 32.0 Å². The molecular weight excluding hydrogens is 271 g/mol. The van der Waals surface area contributed by atoms with Crippen molar-refractivity contribution in [2.24, 2.45) is 5.92 Å². The van der Waals surface area contributed by atoms with Gasteiger partial charge < -0.3 is 9.64 Å². The summed E-state index contributed by atoms with van der Waals surface area (Å²) in [6.07, 6.45) is 0.549. The van der Waals surface area contributed by atoms with Crippen LogP contribution < -0.4 is 5.32 Å². The lowest BCUT2D eigenvalue weighted by molar-refractivity contribution is -0.130. The average molecular weight is 294 g/mol. The van der Waals surface area contributed by atoms with E-state index in [1.807, 2.05) is 11.8 Å². The van der Waals surface area contributed by atoms with Crippen molar-refractivity contribution in [2.75, 3.05) is 20.3 Å². The van der Waals surface area contributed by atoms with E-state index < -0.39 is 0 Å². The maximum Gasteiger partial charge on any atom is 0.241 e. The third-order valence-corrected chi connectivity index (χ3v) is 3.81. The molecule has 5 heteroatoms. The van der Waals surface area contributed by atoms with Gasteiger partial charge in [-0.3, -0.25) is 10.1 Å². The molecule has 1 fully saturated rings. The van der Waals surface area contributed by atoms with Gasteiger partial charge >= 0.3 is 0 Å². The predicted molar refractivity (Wildman–Crippen MR) is 79.1 cm³/mol. The fraction of sp³-hybridized carbons (Fsp3) is 0.562. The fourth-order valence-electron chi connectivity index (χ4n) is 2.76. The van der Waals surface area contributed by atoms with Crippen LogP contribution in [0.3, 0.4) is 0 Å². The number of amides is 1. The highest BCUT2D eigenvalue weighted by Crippen LogP contribution is 2.27. The van der Waals surface area contributed by atoms with Crippen LogP contribution >= 0.6 is 0 Å². The molecule has 0 saturated carbocycles. The van der Waals surface area contributed by atoms with Gasteiger partial charge in [0.15, 0.2) is 0 Å². The van der Waals surface area contributed by atoms with Gasteiger partial charge in [0.25, 0.3) is 0 Å². The fourth-order valence-corrected chi connectivity index (χ4v) is 2.76. The number of benzene rings is 1. The van der Waals surface area contributed by atoms with Crippen LogP contribution in [0.4, 0.5) is 4.39 Å². The van der Waals surface area contributed by atoms with Crippen LogP contribution in [-0.4, -0.2) is 37.1 Å². The number of rotatable bonds is 6. The van der Waals surface area contributed by atoms with E-state index in [2.05, 4.69) is 12.2 Å². The SMILES string of the molecule is CCC1NC(c2ccc(F)cc2)N(CC(C)COC)C1=O. The van der Waals surface area contributed by atoms with Crippen LogP contribution in [0.15, 0.2) is 24.3 Å². The molecule has 0 radical (unpaired) electrons. The molecular formula is C16H23FN2O2. The first-order chi connectivity index (χ1) is 10.1. The van der Waals surface area contributed by atoms with E-state index in [1.165, 1.54) is 12.1 Å². The number of methoxy groups -OCH3 is 1. The molecule has 3 atom stereocenters. The Hall–Kier alpha value is -1.46. The number of carbonyl (C=O) groups excluding carboxylic acids is 1. The zero-order chi connectivity index (χ0) is 15.4. The summed E-state index contributed by atoms with van der Waals surface area (Å²) in [4.78, 5) is 14.3. The lowest BCUT2D eigenvalue weighted by Crippen LogP contribution is -2.35. The van der Waals surface area contributed by atoms with Crippen molar-refractivity contribution in [1.82, 2.24) is 10.2 Å². The van der Waals surface area contributed by atoms with E-state index in [1.54, 1.807) is 19.2 Å². The van der Waals surface area contributed by atoms with Crippen molar-refractivity contribution in [3.63, 3.8) is 0 Å². The van der Waals surface area contributed by atoms with Gasteiger partial charge in [0.1, 0.15) is 12.0 Å². The van der Waals surface area contributed by atoms with Crippen molar-refractivity contribution in [3.8, 4) is 0 Å². The number of hydrogen-bond donors (Lipinski definition) is 1. The first kappa shape index (κ1) is 15.9. The zero-order valence-corrected chi connectivity index (χ0v) is 12.8. The van der Waals surface area contributed by atoms with Gasteiger partial charge in [0.05, 0.1) is 12.6 Å². The summed E-state index contributed by atoms with van der Waals surface area (Å²) >= 11 is 0. The van der Waals surface area contributed by atoms with Crippen molar-refractivity contribution in [1.29, 1.82) is 0 Å². The molecule has 1 heterocycles. The molecule has 1 aliphatic heterocycles. The quantitative estimate of drug-likeness (QED) is 0.875. The molecule has 0 spiro atoms. The smallest absolute Gasteiger partial charge is 0.241 e. The van der Waals surface area contributed by atoms with E-state index in [0.29, 0.717) is 13.2 Å². The standard InChI is InChI=1S/C16H23FN2O2/c1-4-14-16(20)19(9-11(2)10-21-3)15(18-14)12-5-7-13(17)8-6-12/h5-8,11,14-15,18H,4,9-10H2,1-3H3. The summed E-state index contributed by atoms with van der Waals surface area (Å²) in [5.74, 6) is 0.0866. The number of hydrogen-bond acceptors (Lipinski definition) is 3. The highest BCUT2D eigenvalue weighted by Gasteiger charge is 2.38. The minimum atomic E-state index is -0.269. The van der Waals surface area contributed by atoms with Gasteiger partial charge in [-0.15, -0.1) is 0 Å². The molecule has 1 amide bonds. The molecule has 4 nitrogen and oxygen atoms in total. The Morgan fingerprint density at radius 3 is 2.62 bits per heavy atom. The normalized spacial score (nSPS) is 23.6. The van der Waals surface area contributed by atoms with E-state index in [9.17, 15) is 9.18 Å². The Kier molecular flexibility index (Phi) is 5.31. The molecule has 21 heavy (non-hydrogen) atoms. The predicted octanol–water partition coefficient (Wildman–Crippen LogP) is 2.32. The highest BCUT2D eigenvalue weighted by molar-refractivity contribution is 5.84. The summed E-state index contributed by atoms with van der Waals surface area (Å²) in [6, 6.07) is 6.14. The second-order valence-electron chi connectivity index (χ2n) is 5.63. The Morgan fingerprint density at radius 2 is 2.05 bits per heavy atom. The Morgan fingerprint density at radius 1 is 1.38 bits per heavy atom. The van der Waals surface area contributed by atoms with Crippen molar-refractivity contribution in [2.45, 2.75) is 32.5 Å². The number of carbonyl (C=O) groups is 1. The lowest BCUT2D eigenvalue weighted by Gasteiger charge is -2.27. The zero-order valence-electron chi connectivity index (χ0n) is 12.8. The molecule has 116 valence electrons. The summed E-state index contributed by atoms with van der Waals surface area (Å²) in [5, 5.41) is 3.34. The van der Waals surface area contributed by atoms with E-state index in [-0.39, 0.29) is 29.8 Å². The molecule has 1 aromatic carbocycles. The molecule has 1 aliphatic rings. The van der Waals surface area contributed by atoms with Crippen molar-refractivity contribution in [3.05, 3.63) is 35.6 Å². The van der Waals surface area contributed by atoms with Crippen molar-refractivity contribution < 1.29 is 13.9 Å². The monoisotopic (exact) mass is 294 g/mol. The third-order valence-electron chi connectivity index (χ3n) is 3.81. The molecule has 0 bridgehead atoms. The van der Waals surface area contributed by atoms with Crippen LogP contribution in [-0.2, 0) is 9.53 Å². The Labute approximate surface area is 125 Å². The summed E-state index contributed by atoms with van der Waals surface area (Å²) in [6.45, 7) is 5.27. The average Bonchev–Trinajstić information content (AvgIpc) is 2.77. The summed E-state index contributed by atoms with van der Waals surface area (Å²) < 4.78 is 18.2. The maximum atomic E-state index is 13.1. The van der Waals surface area contributed by atoms with Crippen LogP contribution in [0, 0.1) is 11.7 Å². The maximum absolute atomic E-state index is 13.1.